The highest BCUT2D eigenvalue weighted by molar-refractivity contribution is 5.93. The van der Waals surface area contributed by atoms with Crippen molar-refractivity contribution in [2.45, 2.75) is 37.6 Å². The van der Waals surface area contributed by atoms with Crippen LogP contribution in [-0.4, -0.2) is 57.8 Å². The molecule has 3 aliphatic rings. The maximum absolute atomic E-state index is 13.0. The second kappa shape index (κ2) is 8.16. The number of amides is 1. The molecule has 0 radical (unpaired) electrons. The standard InChI is InChI=1S/C27H28N6O3/c34-25-21-4-2-1-3-20(21)24(30-31-25)17-12-27(13-17)14-18(15-27)29-26(35)22-16-28-23-11-19(5-6-33(22)23)32-7-9-36-10-8-32/h1-6,11,16-18H,7-10,12-15H2,(H,29,35)(H,31,34). The molecular formula is C27H28N6O3. The molecule has 9 nitrogen and oxygen atoms in total. The van der Waals surface area contributed by atoms with Gasteiger partial charge in [0.2, 0.25) is 0 Å². The van der Waals surface area contributed by atoms with Crippen LogP contribution < -0.4 is 15.8 Å². The van der Waals surface area contributed by atoms with Gasteiger partial charge < -0.3 is 15.0 Å². The van der Waals surface area contributed by atoms with Crippen molar-refractivity contribution < 1.29 is 9.53 Å². The van der Waals surface area contributed by atoms with Crippen molar-refractivity contribution >= 4 is 28.0 Å². The van der Waals surface area contributed by atoms with Crippen LogP contribution >= 0.6 is 0 Å². The lowest BCUT2D eigenvalue weighted by Crippen LogP contribution is -2.55. The van der Waals surface area contributed by atoms with E-state index in [1.54, 1.807) is 6.20 Å². The molecule has 3 aromatic heterocycles. The van der Waals surface area contributed by atoms with Crippen LogP contribution in [0.25, 0.3) is 16.4 Å². The number of carbonyl (C=O) groups is 1. The minimum Gasteiger partial charge on any atom is -0.378 e. The Balaban J connectivity index is 0.991. The molecule has 0 unspecified atom stereocenters. The Morgan fingerprint density at radius 1 is 1.08 bits per heavy atom. The highest BCUT2D eigenvalue weighted by Gasteiger charge is 2.54. The van der Waals surface area contributed by atoms with E-state index in [-0.39, 0.29) is 22.9 Å². The van der Waals surface area contributed by atoms with E-state index in [9.17, 15) is 9.59 Å². The topological polar surface area (TPSA) is 105 Å². The molecule has 1 saturated heterocycles. The van der Waals surface area contributed by atoms with Crippen LogP contribution in [0, 0.1) is 5.41 Å². The summed E-state index contributed by atoms with van der Waals surface area (Å²) in [5.74, 6) is 0.272. The van der Waals surface area contributed by atoms with Gasteiger partial charge in [-0.05, 0) is 43.2 Å². The zero-order valence-electron chi connectivity index (χ0n) is 19.9. The van der Waals surface area contributed by atoms with Gasteiger partial charge in [-0.2, -0.15) is 5.10 Å². The fourth-order valence-electron chi connectivity index (χ4n) is 6.46. The van der Waals surface area contributed by atoms with E-state index < -0.39 is 0 Å². The lowest BCUT2D eigenvalue weighted by Gasteiger charge is -2.57. The number of ether oxygens (including phenoxy) is 1. The Labute approximate surface area is 207 Å². The third-order valence-electron chi connectivity index (χ3n) is 8.27. The maximum Gasteiger partial charge on any atom is 0.272 e. The van der Waals surface area contributed by atoms with E-state index in [1.165, 1.54) is 0 Å². The van der Waals surface area contributed by atoms with E-state index >= 15 is 0 Å². The van der Waals surface area contributed by atoms with Gasteiger partial charge in [-0.1, -0.05) is 18.2 Å². The van der Waals surface area contributed by atoms with Crippen molar-refractivity contribution in [3.05, 3.63) is 70.5 Å². The lowest BCUT2D eigenvalue weighted by atomic mass is 9.49. The summed E-state index contributed by atoms with van der Waals surface area (Å²) in [5.41, 5.74) is 3.57. The highest BCUT2D eigenvalue weighted by Crippen LogP contribution is 2.62. The Morgan fingerprint density at radius 3 is 2.67 bits per heavy atom. The molecule has 0 atom stereocenters. The van der Waals surface area contributed by atoms with E-state index in [2.05, 4.69) is 25.4 Å². The predicted octanol–water partition coefficient (Wildman–Crippen LogP) is 2.86. The first-order valence-corrected chi connectivity index (χ1v) is 12.7. The number of aromatic amines is 1. The summed E-state index contributed by atoms with van der Waals surface area (Å²) in [6.07, 6.45) is 7.64. The van der Waals surface area contributed by atoms with E-state index in [0.717, 1.165) is 74.4 Å². The summed E-state index contributed by atoms with van der Waals surface area (Å²) in [6, 6.07) is 11.9. The number of aromatic nitrogens is 4. The number of nitrogens with zero attached hydrogens (tertiary/aromatic N) is 4. The van der Waals surface area contributed by atoms with Crippen molar-refractivity contribution in [2.24, 2.45) is 5.41 Å². The zero-order chi connectivity index (χ0) is 24.3. The molecule has 36 heavy (non-hydrogen) atoms. The number of hydrogen-bond donors (Lipinski definition) is 2. The number of pyridine rings is 1. The van der Waals surface area contributed by atoms with Crippen molar-refractivity contribution in [3.8, 4) is 0 Å². The molecule has 0 bridgehead atoms. The smallest absolute Gasteiger partial charge is 0.272 e. The SMILES string of the molecule is O=C(NC1CC2(C1)CC(c1n[nH]c(=O)c3ccccc13)C2)c1cnc2cc(N3CCOCC3)ccn12. The van der Waals surface area contributed by atoms with E-state index in [1.807, 2.05) is 47.0 Å². The van der Waals surface area contributed by atoms with Crippen LogP contribution in [0.1, 0.15) is 47.8 Å². The number of benzene rings is 1. The minimum absolute atomic E-state index is 0.0781. The van der Waals surface area contributed by atoms with E-state index in [4.69, 9.17) is 4.74 Å². The van der Waals surface area contributed by atoms with Gasteiger partial charge >= 0.3 is 0 Å². The Hall–Kier alpha value is -3.72. The molecule has 3 fully saturated rings. The molecule has 1 spiro atoms. The first-order chi connectivity index (χ1) is 17.6. The Bertz CT molecular complexity index is 1520. The fourth-order valence-corrected chi connectivity index (χ4v) is 6.46. The average Bonchev–Trinajstić information content (AvgIpc) is 3.29. The Kier molecular flexibility index (Phi) is 4.89. The minimum atomic E-state index is -0.139. The summed E-state index contributed by atoms with van der Waals surface area (Å²) in [4.78, 5) is 31.9. The predicted molar refractivity (Wildman–Crippen MR) is 135 cm³/mol. The van der Waals surface area contributed by atoms with E-state index in [0.29, 0.717) is 17.0 Å². The molecule has 1 aromatic carbocycles. The number of imidazole rings is 1. The molecule has 9 heteroatoms. The monoisotopic (exact) mass is 484 g/mol. The summed E-state index contributed by atoms with van der Waals surface area (Å²) in [7, 11) is 0. The molecule has 4 aromatic rings. The van der Waals surface area contributed by atoms with Gasteiger partial charge in [-0.15, -0.1) is 0 Å². The molecule has 1 aliphatic heterocycles. The zero-order valence-corrected chi connectivity index (χ0v) is 19.9. The number of H-pyrrole nitrogens is 1. The summed E-state index contributed by atoms with van der Waals surface area (Å²) in [6.45, 7) is 3.19. The number of carbonyl (C=O) groups excluding carboxylic acids is 1. The van der Waals surface area contributed by atoms with Crippen molar-refractivity contribution in [1.29, 1.82) is 0 Å². The van der Waals surface area contributed by atoms with Gasteiger partial charge in [-0.25, -0.2) is 10.1 Å². The molecule has 2 N–H and O–H groups in total. The number of anilines is 1. The van der Waals surface area contributed by atoms with Crippen LogP contribution in [0.3, 0.4) is 0 Å². The number of morpholine rings is 1. The van der Waals surface area contributed by atoms with Crippen LogP contribution in [-0.2, 0) is 4.74 Å². The third kappa shape index (κ3) is 3.49. The van der Waals surface area contributed by atoms with Gasteiger partial charge in [0.15, 0.2) is 0 Å². The number of nitrogens with one attached hydrogen (secondary N) is 2. The van der Waals surface area contributed by atoms with Crippen molar-refractivity contribution in [1.82, 2.24) is 24.9 Å². The normalized spacial score (nSPS) is 25.6. The molecule has 1 amide bonds. The van der Waals surface area contributed by atoms with Gasteiger partial charge in [0.05, 0.1) is 30.5 Å². The van der Waals surface area contributed by atoms with Crippen molar-refractivity contribution in [2.75, 3.05) is 31.2 Å². The summed E-state index contributed by atoms with van der Waals surface area (Å²) >= 11 is 0. The molecular weight excluding hydrogens is 456 g/mol. The molecule has 4 heterocycles. The van der Waals surface area contributed by atoms with Gasteiger partial charge in [0.25, 0.3) is 11.5 Å². The molecule has 7 rings (SSSR count). The van der Waals surface area contributed by atoms with Gasteiger partial charge in [0, 0.05) is 48.4 Å². The fraction of sp³-hybridized carbons (Fsp3) is 0.407. The largest absolute Gasteiger partial charge is 0.378 e. The van der Waals surface area contributed by atoms with Crippen molar-refractivity contribution in [3.63, 3.8) is 0 Å². The van der Waals surface area contributed by atoms with Gasteiger partial charge in [0.1, 0.15) is 11.3 Å². The van der Waals surface area contributed by atoms with Gasteiger partial charge in [-0.3, -0.25) is 14.0 Å². The number of hydrogen-bond acceptors (Lipinski definition) is 6. The maximum atomic E-state index is 13.0. The quantitative estimate of drug-likeness (QED) is 0.462. The Morgan fingerprint density at radius 2 is 1.86 bits per heavy atom. The number of fused-ring (bicyclic) bond motifs is 2. The first kappa shape index (κ1) is 21.6. The summed E-state index contributed by atoms with van der Waals surface area (Å²) in [5, 5.41) is 11.9. The number of rotatable bonds is 4. The van der Waals surface area contributed by atoms with Crippen LogP contribution in [0.15, 0.2) is 53.6 Å². The highest BCUT2D eigenvalue weighted by atomic mass is 16.5. The van der Waals surface area contributed by atoms with Crippen LogP contribution in [0.5, 0.6) is 0 Å². The second-order valence-electron chi connectivity index (χ2n) is 10.5. The molecule has 2 aliphatic carbocycles. The van der Waals surface area contributed by atoms with Crippen LogP contribution in [0.2, 0.25) is 0 Å². The second-order valence-corrected chi connectivity index (χ2v) is 10.5. The first-order valence-electron chi connectivity index (χ1n) is 12.7. The van der Waals surface area contributed by atoms with Crippen LogP contribution in [0.4, 0.5) is 5.69 Å². The lowest BCUT2D eigenvalue weighted by molar-refractivity contribution is -0.0197. The molecule has 2 saturated carbocycles. The average molecular weight is 485 g/mol. The third-order valence-corrected chi connectivity index (χ3v) is 8.27. The molecule has 184 valence electrons. The summed E-state index contributed by atoms with van der Waals surface area (Å²) < 4.78 is 7.30.